The molecule has 4 rings (SSSR count). The molecule has 1 aliphatic carbocycles. The topological polar surface area (TPSA) is 90.6 Å². The minimum Gasteiger partial charge on any atom is -0.494 e. The maximum absolute atomic E-state index is 13.0. The number of anilines is 1. The number of nitrogens with zero attached hydrogens (tertiary/aromatic N) is 4. The van der Waals surface area contributed by atoms with Gasteiger partial charge in [-0.15, -0.1) is 0 Å². The van der Waals surface area contributed by atoms with Crippen molar-refractivity contribution in [3.05, 3.63) is 40.6 Å². The predicted molar refractivity (Wildman–Crippen MR) is 126 cm³/mol. The third-order valence-corrected chi connectivity index (χ3v) is 6.26. The lowest BCUT2D eigenvalue weighted by atomic mass is 9.97. The van der Waals surface area contributed by atoms with Crippen LogP contribution in [0.25, 0.3) is 0 Å². The Kier molecular flexibility index (Phi) is 7.69. The van der Waals surface area contributed by atoms with E-state index in [1.54, 1.807) is 7.11 Å². The SMILES string of the molecule is CCCCOc1ccc(NC(=O)N2CCCC(c3nn(CCOC)c(=O)n3C3CC3)C2)cc1. The fourth-order valence-corrected chi connectivity index (χ4v) is 4.26. The number of carbonyl (C=O) groups excluding carboxylic acids is 1. The van der Waals surface area contributed by atoms with Gasteiger partial charge in [0, 0.05) is 37.8 Å². The van der Waals surface area contributed by atoms with Gasteiger partial charge in [0.1, 0.15) is 11.6 Å². The number of carbonyl (C=O) groups is 1. The van der Waals surface area contributed by atoms with Crippen molar-refractivity contribution in [2.45, 2.75) is 64.0 Å². The number of aromatic nitrogens is 3. The number of nitrogens with one attached hydrogen (secondary N) is 1. The molecule has 1 N–H and O–H groups in total. The smallest absolute Gasteiger partial charge is 0.346 e. The Balaban J connectivity index is 1.40. The molecular formula is C24H35N5O4. The van der Waals surface area contributed by atoms with Crippen LogP contribution in [0.1, 0.15) is 63.2 Å². The number of unbranched alkanes of at least 4 members (excludes halogenated alkanes) is 1. The number of piperidine rings is 1. The predicted octanol–water partition coefficient (Wildman–Crippen LogP) is 3.62. The second-order valence-electron chi connectivity index (χ2n) is 8.90. The fourth-order valence-electron chi connectivity index (χ4n) is 4.26. The molecule has 1 aromatic carbocycles. The maximum atomic E-state index is 13.0. The summed E-state index contributed by atoms with van der Waals surface area (Å²) in [6.45, 7) is 4.96. The lowest BCUT2D eigenvalue weighted by Crippen LogP contribution is -2.42. The van der Waals surface area contributed by atoms with Crippen LogP contribution >= 0.6 is 0 Å². The van der Waals surface area contributed by atoms with Crippen molar-refractivity contribution in [2.24, 2.45) is 0 Å². The lowest BCUT2D eigenvalue weighted by Gasteiger charge is -2.32. The highest BCUT2D eigenvalue weighted by atomic mass is 16.5. The van der Waals surface area contributed by atoms with Gasteiger partial charge in [-0.3, -0.25) is 4.57 Å². The summed E-state index contributed by atoms with van der Waals surface area (Å²) < 4.78 is 14.2. The molecule has 2 heterocycles. The first-order valence-electron chi connectivity index (χ1n) is 12.1. The van der Waals surface area contributed by atoms with Crippen molar-refractivity contribution < 1.29 is 14.3 Å². The van der Waals surface area contributed by atoms with E-state index in [4.69, 9.17) is 9.47 Å². The van der Waals surface area contributed by atoms with Crippen LogP contribution in [0, 0.1) is 0 Å². The largest absolute Gasteiger partial charge is 0.494 e. The number of likely N-dealkylation sites (tertiary alicyclic amines) is 1. The van der Waals surface area contributed by atoms with Gasteiger partial charge in [-0.2, -0.15) is 5.10 Å². The summed E-state index contributed by atoms with van der Waals surface area (Å²) in [6, 6.07) is 7.60. The Morgan fingerprint density at radius 3 is 2.67 bits per heavy atom. The van der Waals surface area contributed by atoms with Gasteiger partial charge in [-0.25, -0.2) is 14.3 Å². The van der Waals surface area contributed by atoms with Crippen molar-refractivity contribution in [1.82, 2.24) is 19.2 Å². The van der Waals surface area contributed by atoms with Crippen LogP contribution < -0.4 is 15.7 Å². The third-order valence-electron chi connectivity index (χ3n) is 6.26. The van der Waals surface area contributed by atoms with Crippen LogP contribution in [0.4, 0.5) is 10.5 Å². The van der Waals surface area contributed by atoms with Crippen molar-refractivity contribution >= 4 is 11.7 Å². The molecule has 0 radical (unpaired) electrons. The Labute approximate surface area is 194 Å². The molecule has 1 saturated heterocycles. The van der Waals surface area contributed by atoms with Gasteiger partial charge in [-0.1, -0.05) is 13.3 Å². The number of rotatable bonds is 10. The molecule has 2 fully saturated rings. The highest BCUT2D eigenvalue weighted by molar-refractivity contribution is 5.89. The van der Waals surface area contributed by atoms with Crippen LogP contribution in [0.3, 0.4) is 0 Å². The highest BCUT2D eigenvalue weighted by Crippen LogP contribution is 2.37. The number of amides is 2. The molecule has 2 aliphatic rings. The van der Waals surface area contributed by atoms with Crippen LogP contribution in [0.15, 0.2) is 29.1 Å². The first kappa shape index (κ1) is 23.4. The summed E-state index contributed by atoms with van der Waals surface area (Å²) >= 11 is 0. The van der Waals surface area contributed by atoms with Crippen LogP contribution in [-0.2, 0) is 11.3 Å². The zero-order chi connectivity index (χ0) is 23.2. The molecule has 33 heavy (non-hydrogen) atoms. The second kappa shape index (κ2) is 10.9. The zero-order valence-electron chi connectivity index (χ0n) is 19.7. The molecule has 1 atom stereocenters. The quantitative estimate of drug-likeness (QED) is 0.551. The minimum absolute atomic E-state index is 0.0518. The van der Waals surface area contributed by atoms with E-state index in [0.717, 1.165) is 55.8 Å². The molecule has 2 aromatic rings. The number of benzene rings is 1. The molecule has 9 heteroatoms. The Morgan fingerprint density at radius 2 is 1.97 bits per heavy atom. The summed E-state index contributed by atoms with van der Waals surface area (Å²) in [4.78, 5) is 27.7. The van der Waals surface area contributed by atoms with Gasteiger partial charge in [0.05, 0.1) is 19.8 Å². The van der Waals surface area contributed by atoms with Gasteiger partial charge < -0.3 is 19.7 Å². The van der Waals surface area contributed by atoms with Gasteiger partial charge in [0.15, 0.2) is 0 Å². The van der Waals surface area contributed by atoms with Gasteiger partial charge in [0.2, 0.25) is 0 Å². The van der Waals surface area contributed by atoms with Crippen LogP contribution in [0.5, 0.6) is 5.75 Å². The minimum atomic E-state index is -0.126. The average Bonchev–Trinajstić information content (AvgIpc) is 3.62. The van der Waals surface area contributed by atoms with E-state index in [9.17, 15) is 9.59 Å². The maximum Gasteiger partial charge on any atom is 0.346 e. The first-order valence-corrected chi connectivity index (χ1v) is 12.1. The van der Waals surface area contributed by atoms with E-state index >= 15 is 0 Å². The lowest BCUT2D eigenvalue weighted by molar-refractivity contribution is 0.181. The summed E-state index contributed by atoms with van der Waals surface area (Å²) in [7, 11) is 1.62. The van der Waals surface area contributed by atoms with E-state index in [-0.39, 0.29) is 23.7 Å². The molecule has 180 valence electrons. The second-order valence-corrected chi connectivity index (χ2v) is 8.90. The number of urea groups is 1. The standard InChI is InChI=1S/C24H35N5O4/c1-3-4-15-33-21-11-7-19(8-12-21)25-23(30)27-13-5-6-18(17-27)22-26-28(14-16-32-2)24(31)29(22)20-9-10-20/h7-8,11-12,18,20H,3-6,9-10,13-17H2,1-2H3,(H,25,30). The third kappa shape index (κ3) is 5.76. The molecular weight excluding hydrogens is 422 g/mol. The summed E-state index contributed by atoms with van der Waals surface area (Å²) in [5.74, 6) is 1.67. The Morgan fingerprint density at radius 1 is 1.18 bits per heavy atom. The molecule has 1 unspecified atom stereocenters. The summed E-state index contributed by atoms with van der Waals surface area (Å²) in [6.07, 6.45) is 5.94. The van der Waals surface area contributed by atoms with Crippen molar-refractivity contribution in [3.8, 4) is 5.75 Å². The van der Waals surface area contributed by atoms with Crippen molar-refractivity contribution in [3.63, 3.8) is 0 Å². The number of ether oxygens (including phenoxy) is 2. The van der Waals surface area contributed by atoms with Gasteiger partial charge in [-0.05, 0) is 56.4 Å². The Hall–Kier alpha value is -2.81. The zero-order valence-corrected chi connectivity index (χ0v) is 19.7. The van der Waals surface area contributed by atoms with Crippen molar-refractivity contribution in [1.29, 1.82) is 0 Å². The van der Waals surface area contributed by atoms with E-state index in [2.05, 4.69) is 17.3 Å². The first-order chi connectivity index (χ1) is 16.1. The highest BCUT2D eigenvalue weighted by Gasteiger charge is 2.35. The average molecular weight is 458 g/mol. The number of methoxy groups -OCH3 is 1. The summed E-state index contributed by atoms with van der Waals surface area (Å²) in [5, 5.41) is 7.66. The molecule has 0 bridgehead atoms. The molecule has 0 spiro atoms. The fraction of sp³-hybridized carbons (Fsp3) is 0.625. The normalized spacial score (nSPS) is 18.4. The Bertz CT molecular complexity index is 980. The summed E-state index contributed by atoms with van der Waals surface area (Å²) in [5.41, 5.74) is 0.677. The number of hydrogen-bond donors (Lipinski definition) is 1. The van der Waals surface area contributed by atoms with Gasteiger partial charge >= 0.3 is 11.7 Å². The molecule has 1 aliphatic heterocycles. The molecule has 1 saturated carbocycles. The van der Waals surface area contributed by atoms with E-state index in [1.807, 2.05) is 33.7 Å². The van der Waals surface area contributed by atoms with Crippen LogP contribution in [-0.4, -0.2) is 58.7 Å². The van der Waals surface area contributed by atoms with Crippen molar-refractivity contribution in [2.75, 3.05) is 38.7 Å². The van der Waals surface area contributed by atoms with E-state index < -0.39 is 0 Å². The van der Waals surface area contributed by atoms with E-state index in [1.165, 1.54) is 4.68 Å². The van der Waals surface area contributed by atoms with Gasteiger partial charge in [0.25, 0.3) is 0 Å². The van der Waals surface area contributed by atoms with E-state index in [0.29, 0.717) is 32.8 Å². The number of hydrogen-bond acceptors (Lipinski definition) is 5. The molecule has 2 amide bonds. The molecule has 1 aromatic heterocycles. The monoisotopic (exact) mass is 457 g/mol. The van der Waals surface area contributed by atoms with Crippen LogP contribution in [0.2, 0.25) is 0 Å². The molecule has 9 nitrogen and oxygen atoms in total.